The van der Waals surface area contributed by atoms with Gasteiger partial charge in [0.1, 0.15) is 0 Å². The molecule has 100 valence electrons. The van der Waals surface area contributed by atoms with Crippen molar-refractivity contribution in [2.45, 2.75) is 39.7 Å². The largest absolute Gasteiger partial charge is 0.393 e. The van der Waals surface area contributed by atoms with E-state index < -0.39 is 0 Å². The van der Waals surface area contributed by atoms with Crippen molar-refractivity contribution in [3.05, 3.63) is 35.4 Å². The molecule has 3 heteroatoms. The van der Waals surface area contributed by atoms with Gasteiger partial charge in [-0.15, -0.1) is 0 Å². The predicted molar refractivity (Wildman–Crippen MR) is 82.8 cm³/mol. The van der Waals surface area contributed by atoms with Gasteiger partial charge in [0.25, 0.3) is 0 Å². The second kappa shape index (κ2) is 8.22. The van der Waals surface area contributed by atoms with Crippen molar-refractivity contribution in [1.82, 2.24) is 4.90 Å². The van der Waals surface area contributed by atoms with Crippen LogP contribution in [0.2, 0.25) is 0 Å². The average molecular weight is 264 g/mol. The van der Waals surface area contributed by atoms with Gasteiger partial charge < -0.3 is 5.73 Å². The van der Waals surface area contributed by atoms with E-state index in [0.717, 1.165) is 19.6 Å². The molecule has 0 saturated carbocycles. The van der Waals surface area contributed by atoms with E-state index in [1.165, 1.54) is 24.0 Å². The minimum absolute atomic E-state index is 0.569. The summed E-state index contributed by atoms with van der Waals surface area (Å²) < 4.78 is 0. The van der Waals surface area contributed by atoms with E-state index >= 15 is 0 Å². The maximum atomic E-state index is 5.66. The Morgan fingerprint density at radius 2 is 1.67 bits per heavy atom. The van der Waals surface area contributed by atoms with Crippen LogP contribution in [0.25, 0.3) is 0 Å². The summed E-state index contributed by atoms with van der Waals surface area (Å²) in [7, 11) is 0. The van der Waals surface area contributed by atoms with Gasteiger partial charge in [-0.05, 0) is 37.1 Å². The first-order valence-corrected chi connectivity index (χ1v) is 7.15. The van der Waals surface area contributed by atoms with Crippen molar-refractivity contribution < 1.29 is 0 Å². The van der Waals surface area contributed by atoms with E-state index in [-0.39, 0.29) is 0 Å². The lowest BCUT2D eigenvalue weighted by Gasteiger charge is -2.22. The van der Waals surface area contributed by atoms with Crippen LogP contribution >= 0.6 is 12.2 Å². The number of rotatable bonds is 8. The van der Waals surface area contributed by atoms with E-state index in [1.54, 1.807) is 0 Å². The molecule has 18 heavy (non-hydrogen) atoms. The second-order valence-corrected chi connectivity index (χ2v) is 5.21. The molecular formula is C15H24N2S. The van der Waals surface area contributed by atoms with Gasteiger partial charge in [-0.1, -0.05) is 50.3 Å². The highest BCUT2D eigenvalue weighted by molar-refractivity contribution is 7.80. The Morgan fingerprint density at radius 1 is 1.11 bits per heavy atom. The van der Waals surface area contributed by atoms with Crippen LogP contribution in [0.1, 0.15) is 37.8 Å². The molecule has 0 atom stereocenters. The summed E-state index contributed by atoms with van der Waals surface area (Å²) in [5.41, 5.74) is 8.28. The Balaban J connectivity index is 2.77. The first kappa shape index (κ1) is 15.1. The first-order chi connectivity index (χ1) is 8.67. The van der Waals surface area contributed by atoms with Gasteiger partial charge in [-0.3, -0.25) is 4.90 Å². The summed E-state index contributed by atoms with van der Waals surface area (Å²) in [5, 5.41) is 0. The molecule has 1 rings (SSSR count). The summed E-state index contributed by atoms with van der Waals surface area (Å²) in [4.78, 5) is 3.07. The molecule has 0 aliphatic heterocycles. The summed E-state index contributed by atoms with van der Waals surface area (Å²) in [6.07, 6.45) is 3.09. The number of nitrogens with zero attached hydrogens (tertiary/aromatic N) is 1. The molecule has 0 aromatic heterocycles. The van der Waals surface area contributed by atoms with Crippen LogP contribution in [0.4, 0.5) is 0 Å². The Morgan fingerprint density at radius 3 is 2.17 bits per heavy atom. The van der Waals surface area contributed by atoms with Crippen molar-refractivity contribution in [3.8, 4) is 0 Å². The van der Waals surface area contributed by atoms with E-state index in [9.17, 15) is 0 Å². The van der Waals surface area contributed by atoms with Crippen LogP contribution in [-0.4, -0.2) is 23.0 Å². The molecule has 0 amide bonds. The minimum Gasteiger partial charge on any atom is -0.393 e. The summed E-state index contributed by atoms with van der Waals surface area (Å²) in [6, 6.07) is 8.46. The molecule has 0 fully saturated rings. The molecule has 2 N–H and O–H groups in total. The molecule has 0 heterocycles. The van der Waals surface area contributed by atoms with Crippen molar-refractivity contribution in [2.24, 2.45) is 5.73 Å². The number of thiocarbonyl (C=S) groups is 1. The molecule has 1 aromatic rings. The third-order valence-electron chi connectivity index (χ3n) is 2.96. The molecular weight excluding hydrogens is 240 g/mol. The van der Waals surface area contributed by atoms with E-state index in [0.29, 0.717) is 11.4 Å². The lowest BCUT2D eigenvalue weighted by Crippen LogP contribution is -2.26. The summed E-state index contributed by atoms with van der Waals surface area (Å²) in [5.74, 6) is 0. The lowest BCUT2D eigenvalue weighted by atomic mass is 10.0. The van der Waals surface area contributed by atoms with Crippen molar-refractivity contribution in [2.75, 3.05) is 13.1 Å². The van der Waals surface area contributed by atoms with Crippen LogP contribution < -0.4 is 5.73 Å². The van der Waals surface area contributed by atoms with Gasteiger partial charge in [-0.25, -0.2) is 0 Å². The highest BCUT2D eigenvalue weighted by Gasteiger charge is 2.08. The predicted octanol–water partition coefficient (Wildman–Crippen LogP) is 3.14. The van der Waals surface area contributed by atoms with Gasteiger partial charge in [0.15, 0.2) is 0 Å². The smallest absolute Gasteiger partial charge is 0.0771 e. The fourth-order valence-corrected chi connectivity index (χ4v) is 2.37. The number of hydrogen-bond donors (Lipinski definition) is 1. The van der Waals surface area contributed by atoms with Crippen LogP contribution in [0, 0.1) is 0 Å². The van der Waals surface area contributed by atoms with E-state index in [1.807, 2.05) is 0 Å². The van der Waals surface area contributed by atoms with Gasteiger partial charge in [0.2, 0.25) is 0 Å². The SMILES string of the molecule is CCCN(CCC)Cc1ccccc1CC(N)=S. The van der Waals surface area contributed by atoms with E-state index in [4.69, 9.17) is 18.0 Å². The maximum Gasteiger partial charge on any atom is 0.0771 e. The number of nitrogens with two attached hydrogens (primary N) is 1. The third-order valence-corrected chi connectivity index (χ3v) is 3.10. The second-order valence-electron chi connectivity index (χ2n) is 4.69. The lowest BCUT2D eigenvalue weighted by molar-refractivity contribution is 0.266. The third kappa shape index (κ3) is 5.15. The summed E-state index contributed by atoms with van der Waals surface area (Å²) >= 11 is 5.02. The standard InChI is InChI=1S/C15H24N2S/c1-3-9-17(10-4-2)12-14-8-6-5-7-13(14)11-15(16)18/h5-8H,3-4,9-12H2,1-2H3,(H2,16,18). The van der Waals surface area contributed by atoms with Crippen molar-refractivity contribution in [3.63, 3.8) is 0 Å². The summed E-state index contributed by atoms with van der Waals surface area (Å²) in [6.45, 7) is 7.75. The molecule has 2 nitrogen and oxygen atoms in total. The van der Waals surface area contributed by atoms with Gasteiger partial charge in [0, 0.05) is 13.0 Å². The fraction of sp³-hybridized carbons (Fsp3) is 0.533. The molecule has 0 spiro atoms. The monoisotopic (exact) mass is 264 g/mol. The zero-order valence-electron chi connectivity index (χ0n) is 11.5. The van der Waals surface area contributed by atoms with Crippen LogP contribution in [-0.2, 0) is 13.0 Å². The Kier molecular flexibility index (Phi) is 6.91. The molecule has 0 aliphatic rings. The number of hydrogen-bond acceptors (Lipinski definition) is 2. The highest BCUT2D eigenvalue weighted by Crippen LogP contribution is 2.13. The van der Waals surface area contributed by atoms with Crippen molar-refractivity contribution in [1.29, 1.82) is 0 Å². The molecule has 1 aromatic carbocycles. The molecule has 0 bridgehead atoms. The quantitative estimate of drug-likeness (QED) is 0.731. The molecule has 0 aliphatic carbocycles. The molecule has 0 radical (unpaired) electrons. The fourth-order valence-electron chi connectivity index (χ4n) is 2.22. The zero-order chi connectivity index (χ0) is 13.4. The minimum atomic E-state index is 0.569. The maximum absolute atomic E-state index is 5.66. The Labute approximate surface area is 116 Å². The normalized spacial score (nSPS) is 10.8. The van der Waals surface area contributed by atoms with Gasteiger partial charge in [0.05, 0.1) is 4.99 Å². The number of benzene rings is 1. The molecule has 0 saturated heterocycles. The van der Waals surface area contributed by atoms with Gasteiger partial charge >= 0.3 is 0 Å². The molecule has 0 unspecified atom stereocenters. The van der Waals surface area contributed by atoms with Crippen LogP contribution in [0.5, 0.6) is 0 Å². The first-order valence-electron chi connectivity index (χ1n) is 6.74. The van der Waals surface area contributed by atoms with Crippen LogP contribution in [0.3, 0.4) is 0 Å². The average Bonchev–Trinajstić information content (AvgIpc) is 2.31. The van der Waals surface area contributed by atoms with Crippen molar-refractivity contribution >= 4 is 17.2 Å². The Bertz CT molecular complexity index is 371. The zero-order valence-corrected chi connectivity index (χ0v) is 12.3. The highest BCUT2D eigenvalue weighted by atomic mass is 32.1. The van der Waals surface area contributed by atoms with Crippen LogP contribution in [0.15, 0.2) is 24.3 Å². The van der Waals surface area contributed by atoms with E-state index in [2.05, 4.69) is 43.0 Å². The Hall–Kier alpha value is -0.930. The topological polar surface area (TPSA) is 29.3 Å². The van der Waals surface area contributed by atoms with Gasteiger partial charge in [-0.2, -0.15) is 0 Å².